The molecule has 0 amide bonds. The van der Waals surface area contributed by atoms with E-state index in [1.165, 1.54) is 11.6 Å². The standard InChI is InChI=1S/C25H28FN5/c1-18-21-10-6-15-31(17-20-9-4-5-13-27-20)25(21)29-24(28-18)23-12-7-14-30(23)16-19-8-2-3-11-22(19)26/h2-5,8-9,11,13,23H,6-7,10,12,14-17H2,1H3. The predicted molar refractivity (Wildman–Crippen MR) is 119 cm³/mol. The first-order valence-electron chi connectivity index (χ1n) is 11.2. The monoisotopic (exact) mass is 417 g/mol. The third kappa shape index (κ3) is 4.17. The Morgan fingerprint density at radius 1 is 1.00 bits per heavy atom. The van der Waals surface area contributed by atoms with Gasteiger partial charge in [-0.05, 0) is 57.4 Å². The van der Waals surface area contributed by atoms with Crippen LogP contribution in [0.5, 0.6) is 0 Å². The maximum atomic E-state index is 14.2. The molecule has 31 heavy (non-hydrogen) atoms. The summed E-state index contributed by atoms with van der Waals surface area (Å²) in [4.78, 5) is 19.2. The van der Waals surface area contributed by atoms with Gasteiger partial charge in [0, 0.05) is 36.1 Å². The number of hydrogen-bond acceptors (Lipinski definition) is 5. The Morgan fingerprint density at radius 2 is 1.87 bits per heavy atom. The number of anilines is 1. The molecular weight excluding hydrogens is 389 g/mol. The van der Waals surface area contributed by atoms with Gasteiger partial charge in [-0.15, -0.1) is 0 Å². The van der Waals surface area contributed by atoms with Crippen LogP contribution in [0, 0.1) is 12.7 Å². The van der Waals surface area contributed by atoms with Crippen molar-refractivity contribution in [2.45, 2.75) is 51.7 Å². The average molecular weight is 418 g/mol. The second-order valence-corrected chi connectivity index (χ2v) is 8.54. The molecule has 6 heteroatoms. The van der Waals surface area contributed by atoms with Crippen LogP contribution >= 0.6 is 0 Å². The lowest BCUT2D eigenvalue weighted by atomic mass is 10.0. The van der Waals surface area contributed by atoms with Crippen molar-refractivity contribution in [1.82, 2.24) is 19.9 Å². The van der Waals surface area contributed by atoms with E-state index in [1.807, 2.05) is 30.5 Å². The molecule has 4 heterocycles. The van der Waals surface area contributed by atoms with Crippen molar-refractivity contribution in [3.63, 3.8) is 0 Å². The molecular formula is C25H28FN5. The Morgan fingerprint density at radius 3 is 2.71 bits per heavy atom. The average Bonchev–Trinajstić information content (AvgIpc) is 3.25. The molecule has 0 N–H and O–H groups in total. The van der Waals surface area contributed by atoms with Gasteiger partial charge in [0.25, 0.3) is 0 Å². The Labute approximate surface area is 183 Å². The maximum absolute atomic E-state index is 14.2. The van der Waals surface area contributed by atoms with E-state index in [4.69, 9.17) is 9.97 Å². The fourth-order valence-electron chi connectivity index (χ4n) is 4.85. The van der Waals surface area contributed by atoms with Crippen LogP contribution in [-0.4, -0.2) is 32.9 Å². The van der Waals surface area contributed by atoms with Gasteiger partial charge in [-0.3, -0.25) is 9.88 Å². The molecule has 1 unspecified atom stereocenters. The maximum Gasteiger partial charge on any atom is 0.148 e. The first-order chi connectivity index (χ1) is 15.2. The quantitative estimate of drug-likeness (QED) is 0.607. The second-order valence-electron chi connectivity index (χ2n) is 8.54. The number of rotatable bonds is 5. The van der Waals surface area contributed by atoms with Crippen LogP contribution in [0.2, 0.25) is 0 Å². The molecule has 2 aliphatic rings. The van der Waals surface area contributed by atoms with Crippen molar-refractivity contribution in [3.8, 4) is 0 Å². The summed E-state index contributed by atoms with van der Waals surface area (Å²) >= 11 is 0. The molecule has 0 bridgehead atoms. The van der Waals surface area contributed by atoms with Crippen LogP contribution in [-0.2, 0) is 19.5 Å². The minimum Gasteiger partial charge on any atom is -0.350 e. The van der Waals surface area contributed by atoms with Crippen LogP contribution < -0.4 is 4.90 Å². The topological polar surface area (TPSA) is 45.2 Å². The van der Waals surface area contributed by atoms with Gasteiger partial charge < -0.3 is 4.90 Å². The molecule has 1 atom stereocenters. The predicted octanol–water partition coefficient (Wildman–Crippen LogP) is 4.61. The van der Waals surface area contributed by atoms with Crippen LogP contribution in [0.4, 0.5) is 10.2 Å². The van der Waals surface area contributed by atoms with Gasteiger partial charge in [0.15, 0.2) is 0 Å². The number of nitrogens with zero attached hydrogens (tertiary/aromatic N) is 5. The van der Waals surface area contributed by atoms with E-state index in [-0.39, 0.29) is 11.9 Å². The van der Waals surface area contributed by atoms with E-state index in [9.17, 15) is 4.39 Å². The number of aryl methyl sites for hydroxylation is 1. The van der Waals surface area contributed by atoms with E-state index in [0.29, 0.717) is 6.54 Å². The zero-order chi connectivity index (χ0) is 21.2. The number of likely N-dealkylation sites (tertiary alicyclic amines) is 1. The van der Waals surface area contributed by atoms with Crippen molar-refractivity contribution < 1.29 is 4.39 Å². The second kappa shape index (κ2) is 8.71. The Kier molecular flexibility index (Phi) is 5.64. The largest absolute Gasteiger partial charge is 0.350 e. The summed E-state index contributed by atoms with van der Waals surface area (Å²) < 4.78 is 14.2. The highest BCUT2D eigenvalue weighted by Gasteiger charge is 2.31. The Hall–Kier alpha value is -2.86. The molecule has 3 aromatic rings. The summed E-state index contributed by atoms with van der Waals surface area (Å²) in [6.45, 7) is 5.37. The summed E-state index contributed by atoms with van der Waals surface area (Å²) in [6, 6.07) is 13.2. The van der Waals surface area contributed by atoms with Crippen LogP contribution in [0.1, 0.15) is 53.6 Å². The fourth-order valence-corrected chi connectivity index (χ4v) is 4.85. The molecule has 1 aromatic carbocycles. The normalized spacial score (nSPS) is 18.9. The van der Waals surface area contributed by atoms with Crippen molar-refractivity contribution in [2.24, 2.45) is 0 Å². The minimum atomic E-state index is -0.141. The summed E-state index contributed by atoms with van der Waals surface area (Å²) in [5, 5.41) is 0. The van der Waals surface area contributed by atoms with Crippen LogP contribution in [0.3, 0.4) is 0 Å². The molecule has 0 spiro atoms. The van der Waals surface area contributed by atoms with E-state index in [0.717, 1.165) is 73.9 Å². The van der Waals surface area contributed by atoms with E-state index >= 15 is 0 Å². The molecule has 0 saturated carbocycles. The van der Waals surface area contributed by atoms with Crippen molar-refractivity contribution >= 4 is 5.82 Å². The summed E-state index contributed by atoms with van der Waals surface area (Å²) in [5.74, 6) is 1.78. The molecule has 5 nitrogen and oxygen atoms in total. The summed E-state index contributed by atoms with van der Waals surface area (Å²) in [5.41, 5.74) is 4.11. The third-order valence-corrected chi connectivity index (χ3v) is 6.44. The van der Waals surface area contributed by atoms with Crippen molar-refractivity contribution in [3.05, 3.63) is 82.8 Å². The Bertz CT molecular complexity index is 1060. The number of hydrogen-bond donors (Lipinski definition) is 0. The molecule has 2 aliphatic heterocycles. The number of benzene rings is 1. The summed E-state index contributed by atoms with van der Waals surface area (Å²) in [7, 11) is 0. The van der Waals surface area contributed by atoms with Gasteiger partial charge in [0.2, 0.25) is 0 Å². The fraction of sp³-hybridized carbons (Fsp3) is 0.400. The molecule has 1 saturated heterocycles. The zero-order valence-corrected chi connectivity index (χ0v) is 18.0. The molecule has 160 valence electrons. The lowest BCUT2D eigenvalue weighted by Gasteiger charge is -2.32. The Balaban J connectivity index is 1.44. The molecule has 0 aliphatic carbocycles. The van der Waals surface area contributed by atoms with Gasteiger partial charge in [0.05, 0.1) is 18.3 Å². The third-order valence-electron chi connectivity index (χ3n) is 6.44. The zero-order valence-electron chi connectivity index (χ0n) is 18.0. The first-order valence-corrected chi connectivity index (χ1v) is 11.2. The number of aromatic nitrogens is 3. The summed E-state index contributed by atoms with van der Waals surface area (Å²) in [6.07, 6.45) is 6.05. The van der Waals surface area contributed by atoms with E-state index < -0.39 is 0 Å². The lowest BCUT2D eigenvalue weighted by molar-refractivity contribution is 0.236. The molecule has 0 radical (unpaired) electrons. The number of fused-ring (bicyclic) bond motifs is 1. The van der Waals surface area contributed by atoms with Gasteiger partial charge >= 0.3 is 0 Å². The number of pyridine rings is 1. The van der Waals surface area contributed by atoms with Crippen molar-refractivity contribution in [1.29, 1.82) is 0 Å². The highest BCUT2D eigenvalue weighted by atomic mass is 19.1. The minimum absolute atomic E-state index is 0.127. The highest BCUT2D eigenvalue weighted by Crippen LogP contribution is 2.35. The van der Waals surface area contributed by atoms with Crippen LogP contribution in [0.15, 0.2) is 48.7 Å². The highest BCUT2D eigenvalue weighted by molar-refractivity contribution is 5.51. The van der Waals surface area contributed by atoms with Gasteiger partial charge in [0.1, 0.15) is 17.5 Å². The van der Waals surface area contributed by atoms with E-state index in [1.54, 1.807) is 6.07 Å². The van der Waals surface area contributed by atoms with Gasteiger partial charge in [-0.2, -0.15) is 0 Å². The van der Waals surface area contributed by atoms with Gasteiger partial charge in [-0.1, -0.05) is 24.3 Å². The van der Waals surface area contributed by atoms with Crippen molar-refractivity contribution in [2.75, 3.05) is 18.0 Å². The van der Waals surface area contributed by atoms with Crippen LogP contribution in [0.25, 0.3) is 0 Å². The van der Waals surface area contributed by atoms with Gasteiger partial charge in [-0.25, -0.2) is 14.4 Å². The molecule has 1 fully saturated rings. The molecule has 5 rings (SSSR count). The molecule has 2 aromatic heterocycles. The first kappa shape index (κ1) is 20.1. The lowest BCUT2D eigenvalue weighted by Crippen LogP contribution is -2.32. The number of halogens is 1. The smallest absolute Gasteiger partial charge is 0.148 e. The van der Waals surface area contributed by atoms with E-state index in [2.05, 4.69) is 27.8 Å². The SMILES string of the molecule is Cc1nc(C2CCCN2Cc2ccccc2F)nc2c1CCCN2Cc1ccccn1.